The van der Waals surface area contributed by atoms with Gasteiger partial charge in [0.05, 0.1) is 11.7 Å². The molecule has 2 aliphatic rings. The monoisotopic (exact) mass is 587 g/mol. The minimum absolute atomic E-state index is 0.00654. The first-order valence-electron chi connectivity index (χ1n) is 12.4. The van der Waals surface area contributed by atoms with Crippen LogP contribution in [0.25, 0.3) is 0 Å². The van der Waals surface area contributed by atoms with Crippen molar-refractivity contribution in [2.75, 3.05) is 19.7 Å². The van der Waals surface area contributed by atoms with Crippen LogP contribution in [0, 0.1) is 0 Å². The van der Waals surface area contributed by atoms with Crippen LogP contribution in [0.4, 0.5) is 0 Å². The lowest BCUT2D eigenvalue weighted by Gasteiger charge is -2.32. The number of hydrogen-bond donors (Lipinski definition) is 1. The number of hydrogen-bond acceptors (Lipinski definition) is 7. The maximum absolute atomic E-state index is 13.9. The molecule has 12 heteroatoms. The molecular weight excluding hydrogens is 562 g/mol. The zero-order chi connectivity index (χ0) is 27.6. The maximum atomic E-state index is 13.9. The summed E-state index contributed by atoms with van der Waals surface area (Å²) in [5.41, 5.74) is 0.576. The number of fused-ring (bicyclic) bond motifs is 1. The molecular formula is C27H26ClN3O6S2. The number of carbonyl (C=O) groups excluding carboxylic acids is 3. The largest absolute Gasteiger partial charge is 0.376 e. The van der Waals surface area contributed by atoms with Crippen molar-refractivity contribution in [3.05, 3.63) is 87.1 Å². The van der Waals surface area contributed by atoms with Crippen LogP contribution in [0.2, 0.25) is 5.02 Å². The van der Waals surface area contributed by atoms with E-state index in [0.29, 0.717) is 26.4 Å². The minimum Gasteiger partial charge on any atom is -0.376 e. The van der Waals surface area contributed by atoms with Gasteiger partial charge in [-0.2, -0.15) is 0 Å². The average molecular weight is 588 g/mol. The molecule has 5 rings (SSSR count). The van der Waals surface area contributed by atoms with Crippen molar-refractivity contribution in [3.63, 3.8) is 0 Å². The van der Waals surface area contributed by atoms with E-state index < -0.39 is 40.3 Å². The van der Waals surface area contributed by atoms with Crippen LogP contribution in [-0.4, -0.2) is 61.1 Å². The van der Waals surface area contributed by atoms with Crippen LogP contribution in [0.15, 0.2) is 70.9 Å². The van der Waals surface area contributed by atoms with E-state index in [1.807, 2.05) is 0 Å². The number of rotatable bonds is 9. The fourth-order valence-corrected chi connectivity index (χ4v) is 7.27. The van der Waals surface area contributed by atoms with Gasteiger partial charge in [0.1, 0.15) is 17.5 Å². The van der Waals surface area contributed by atoms with Crippen LogP contribution in [0.5, 0.6) is 0 Å². The second-order valence-electron chi connectivity index (χ2n) is 9.22. The number of nitrogens with one attached hydrogen (secondary N) is 1. The molecule has 0 saturated carbocycles. The van der Waals surface area contributed by atoms with E-state index in [1.165, 1.54) is 34.4 Å². The van der Waals surface area contributed by atoms with Crippen LogP contribution >= 0.6 is 22.9 Å². The Balaban J connectivity index is 1.48. The van der Waals surface area contributed by atoms with E-state index in [4.69, 9.17) is 16.3 Å². The molecule has 1 saturated heterocycles. The summed E-state index contributed by atoms with van der Waals surface area (Å²) < 4.78 is 32.5. The molecule has 3 heterocycles. The van der Waals surface area contributed by atoms with Gasteiger partial charge < -0.3 is 15.0 Å². The minimum atomic E-state index is -4.23. The van der Waals surface area contributed by atoms with Gasteiger partial charge in [-0.1, -0.05) is 48.0 Å². The molecule has 1 aromatic heterocycles. The fraction of sp³-hybridized carbons (Fsp3) is 0.296. The third-order valence-electron chi connectivity index (χ3n) is 6.71. The third kappa shape index (κ3) is 5.58. The smallest absolute Gasteiger partial charge is 0.269 e. The van der Waals surface area contributed by atoms with Crippen LogP contribution in [0.3, 0.4) is 0 Å². The summed E-state index contributed by atoms with van der Waals surface area (Å²) in [6.07, 6.45) is 1.62. The Labute approximate surface area is 235 Å². The Kier molecular flexibility index (Phi) is 8.03. The molecule has 0 unspecified atom stereocenters. The molecule has 0 radical (unpaired) electrons. The molecule has 2 aliphatic heterocycles. The van der Waals surface area contributed by atoms with Crippen LogP contribution in [0.1, 0.15) is 39.7 Å². The fourth-order valence-electron chi connectivity index (χ4n) is 4.72. The number of benzene rings is 2. The van der Waals surface area contributed by atoms with Gasteiger partial charge in [-0.15, -0.1) is 11.3 Å². The lowest BCUT2D eigenvalue weighted by atomic mass is 10.1. The number of halogens is 1. The van der Waals surface area contributed by atoms with Crippen LogP contribution < -0.4 is 5.32 Å². The van der Waals surface area contributed by atoms with E-state index in [1.54, 1.807) is 47.8 Å². The van der Waals surface area contributed by atoms with E-state index in [9.17, 15) is 22.8 Å². The summed E-state index contributed by atoms with van der Waals surface area (Å²) in [5, 5.41) is 5.08. The molecule has 39 heavy (non-hydrogen) atoms. The topological polar surface area (TPSA) is 113 Å². The lowest BCUT2D eigenvalue weighted by molar-refractivity contribution is -0.141. The van der Waals surface area contributed by atoms with E-state index in [0.717, 1.165) is 12.8 Å². The predicted octanol–water partition coefficient (Wildman–Crippen LogP) is 3.61. The highest BCUT2D eigenvalue weighted by Crippen LogP contribution is 2.33. The predicted molar refractivity (Wildman–Crippen MR) is 146 cm³/mol. The first-order valence-corrected chi connectivity index (χ1v) is 15.1. The molecule has 2 atom stereocenters. The molecule has 0 spiro atoms. The number of ether oxygens (including phenoxy) is 1. The normalized spacial score (nSPS) is 18.5. The van der Waals surface area contributed by atoms with E-state index in [2.05, 4.69) is 5.32 Å². The first-order chi connectivity index (χ1) is 18.8. The van der Waals surface area contributed by atoms with Crippen LogP contribution in [-0.2, 0) is 30.9 Å². The molecule has 0 bridgehead atoms. The Hall–Kier alpha value is -3.25. The molecule has 3 amide bonds. The van der Waals surface area contributed by atoms with Gasteiger partial charge in [-0.3, -0.25) is 14.4 Å². The Morgan fingerprint density at radius 2 is 1.90 bits per heavy atom. The molecule has 1 N–H and O–H groups in total. The summed E-state index contributed by atoms with van der Waals surface area (Å²) in [7, 11) is -4.23. The Morgan fingerprint density at radius 1 is 1.13 bits per heavy atom. The van der Waals surface area contributed by atoms with Gasteiger partial charge in [0.2, 0.25) is 11.8 Å². The zero-order valence-electron chi connectivity index (χ0n) is 20.8. The van der Waals surface area contributed by atoms with Gasteiger partial charge in [0, 0.05) is 29.6 Å². The quantitative estimate of drug-likeness (QED) is 0.409. The van der Waals surface area contributed by atoms with Gasteiger partial charge in [0.15, 0.2) is 0 Å². The summed E-state index contributed by atoms with van der Waals surface area (Å²) in [5.74, 6) is -1.94. The van der Waals surface area contributed by atoms with Crippen molar-refractivity contribution < 1.29 is 27.5 Å². The zero-order valence-corrected chi connectivity index (χ0v) is 23.2. The molecule has 204 valence electrons. The second kappa shape index (κ2) is 11.5. The molecule has 0 aliphatic carbocycles. The van der Waals surface area contributed by atoms with E-state index >= 15 is 0 Å². The SMILES string of the molecule is O=C(NC[C@H]1CCCO1)[C@H](c1cccs1)N(Cc1ccccc1Cl)C(=O)CN1C(=O)c2ccccc2S1(=O)=O. The number of nitrogens with zero attached hydrogens (tertiary/aromatic N) is 2. The highest BCUT2D eigenvalue weighted by molar-refractivity contribution is 7.90. The average Bonchev–Trinajstić information content (AvgIpc) is 3.68. The highest BCUT2D eigenvalue weighted by Gasteiger charge is 2.43. The standard InChI is InChI=1S/C27H26ClN3O6S2/c28-21-10-3-1-7-18(21)16-30(24(32)17-31-27(34)20-9-2-4-12-23(20)39(31,35)36)25(22-11-6-14-38-22)26(33)29-15-19-8-5-13-37-19/h1-4,6-7,9-12,14,19,25H,5,8,13,15-17H2,(H,29,33)/t19-,25+/m1/s1. The van der Waals surface area contributed by atoms with Crippen molar-refractivity contribution in [1.82, 2.24) is 14.5 Å². The van der Waals surface area contributed by atoms with Crippen molar-refractivity contribution in [3.8, 4) is 0 Å². The van der Waals surface area contributed by atoms with E-state index in [-0.39, 0.29) is 29.7 Å². The van der Waals surface area contributed by atoms with Crippen molar-refractivity contribution >= 4 is 50.7 Å². The van der Waals surface area contributed by atoms with Gasteiger partial charge >= 0.3 is 0 Å². The molecule has 9 nitrogen and oxygen atoms in total. The second-order valence-corrected chi connectivity index (χ2v) is 12.4. The van der Waals surface area contributed by atoms with Gasteiger partial charge in [-0.25, -0.2) is 12.7 Å². The van der Waals surface area contributed by atoms with Gasteiger partial charge in [-0.05, 0) is 48.1 Å². The Bertz CT molecular complexity index is 1490. The summed E-state index contributed by atoms with van der Waals surface area (Å²) in [4.78, 5) is 42.3. The van der Waals surface area contributed by atoms with Crippen molar-refractivity contribution in [2.45, 2.75) is 36.4 Å². The third-order valence-corrected chi connectivity index (χ3v) is 9.79. The number of sulfonamides is 1. The number of amides is 3. The maximum Gasteiger partial charge on any atom is 0.269 e. The molecule has 3 aromatic rings. The molecule has 2 aromatic carbocycles. The summed E-state index contributed by atoms with van der Waals surface area (Å²) in [6.45, 7) is 0.0699. The summed E-state index contributed by atoms with van der Waals surface area (Å²) in [6, 6.07) is 15.1. The Morgan fingerprint density at radius 3 is 2.59 bits per heavy atom. The van der Waals surface area contributed by atoms with Crippen molar-refractivity contribution in [2.24, 2.45) is 0 Å². The van der Waals surface area contributed by atoms with Gasteiger partial charge in [0.25, 0.3) is 15.9 Å². The van der Waals surface area contributed by atoms with Crippen molar-refractivity contribution in [1.29, 1.82) is 0 Å². The number of carbonyl (C=O) groups is 3. The first kappa shape index (κ1) is 27.3. The number of thiophene rings is 1. The highest BCUT2D eigenvalue weighted by atomic mass is 35.5. The summed E-state index contributed by atoms with van der Waals surface area (Å²) >= 11 is 7.71. The molecule has 1 fully saturated rings. The lowest BCUT2D eigenvalue weighted by Crippen LogP contribution is -2.48.